The van der Waals surface area contributed by atoms with E-state index in [1.807, 2.05) is 0 Å². The Bertz CT molecular complexity index is 140. The van der Waals surface area contributed by atoms with Crippen molar-refractivity contribution in [1.82, 2.24) is 5.32 Å². The standard InChI is InChI=1S/C10H20N2/c11-7-9-1-3-10(4-2-9)5-6-12-8-10/h9,12H,1-8,11H2. The zero-order chi connectivity index (χ0) is 8.44. The first-order valence-corrected chi connectivity index (χ1v) is 5.25. The van der Waals surface area contributed by atoms with Crippen LogP contribution in [0.5, 0.6) is 0 Å². The number of rotatable bonds is 1. The number of nitrogens with one attached hydrogen (secondary N) is 1. The van der Waals surface area contributed by atoms with Crippen LogP contribution in [0.15, 0.2) is 0 Å². The zero-order valence-corrected chi connectivity index (χ0v) is 7.81. The second kappa shape index (κ2) is 3.35. The van der Waals surface area contributed by atoms with Crippen molar-refractivity contribution in [2.45, 2.75) is 32.1 Å². The van der Waals surface area contributed by atoms with Gasteiger partial charge in [-0.2, -0.15) is 0 Å². The molecule has 2 rings (SSSR count). The Kier molecular flexibility index (Phi) is 2.37. The molecule has 3 N–H and O–H groups in total. The van der Waals surface area contributed by atoms with Crippen LogP contribution < -0.4 is 11.1 Å². The molecular weight excluding hydrogens is 148 g/mol. The van der Waals surface area contributed by atoms with Crippen LogP contribution in [0.1, 0.15) is 32.1 Å². The van der Waals surface area contributed by atoms with Crippen LogP contribution in [0.4, 0.5) is 0 Å². The molecule has 0 aromatic rings. The molecule has 2 nitrogen and oxygen atoms in total. The quantitative estimate of drug-likeness (QED) is 0.615. The Balaban J connectivity index is 1.88. The maximum absolute atomic E-state index is 5.67. The SMILES string of the molecule is NCC1CCC2(CCNC2)CC1. The topological polar surface area (TPSA) is 38.0 Å². The highest BCUT2D eigenvalue weighted by Gasteiger charge is 2.36. The van der Waals surface area contributed by atoms with Crippen molar-refractivity contribution in [2.75, 3.05) is 19.6 Å². The van der Waals surface area contributed by atoms with Crippen molar-refractivity contribution < 1.29 is 0 Å². The van der Waals surface area contributed by atoms with E-state index >= 15 is 0 Å². The van der Waals surface area contributed by atoms with Gasteiger partial charge in [0.1, 0.15) is 0 Å². The Labute approximate surface area is 74.9 Å². The van der Waals surface area contributed by atoms with Crippen LogP contribution in [-0.4, -0.2) is 19.6 Å². The summed E-state index contributed by atoms with van der Waals surface area (Å²) < 4.78 is 0. The van der Waals surface area contributed by atoms with Crippen molar-refractivity contribution in [3.63, 3.8) is 0 Å². The van der Waals surface area contributed by atoms with E-state index in [9.17, 15) is 0 Å². The van der Waals surface area contributed by atoms with Gasteiger partial charge in [-0.1, -0.05) is 0 Å². The van der Waals surface area contributed by atoms with Crippen LogP contribution in [0.25, 0.3) is 0 Å². The first-order valence-electron chi connectivity index (χ1n) is 5.25. The van der Waals surface area contributed by atoms with Crippen molar-refractivity contribution >= 4 is 0 Å². The summed E-state index contributed by atoms with van der Waals surface area (Å²) in [5.74, 6) is 0.830. The molecule has 0 bridgehead atoms. The Morgan fingerprint density at radius 1 is 1.25 bits per heavy atom. The lowest BCUT2D eigenvalue weighted by Gasteiger charge is -2.36. The van der Waals surface area contributed by atoms with Crippen molar-refractivity contribution in [3.05, 3.63) is 0 Å². The molecule has 1 aliphatic carbocycles. The molecule has 1 saturated carbocycles. The summed E-state index contributed by atoms with van der Waals surface area (Å²) in [7, 11) is 0. The smallest absolute Gasteiger partial charge is 0.000829 e. The molecule has 2 fully saturated rings. The summed E-state index contributed by atoms with van der Waals surface area (Å²) in [6.07, 6.45) is 6.99. The molecule has 2 heteroatoms. The predicted octanol–water partition coefficient (Wildman–Crippen LogP) is 1.11. The molecule has 0 aromatic heterocycles. The van der Waals surface area contributed by atoms with Gasteiger partial charge in [0.15, 0.2) is 0 Å². The van der Waals surface area contributed by atoms with Gasteiger partial charge in [0.05, 0.1) is 0 Å². The molecule has 0 unspecified atom stereocenters. The molecule has 1 spiro atoms. The van der Waals surface area contributed by atoms with Gasteiger partial charge >= 0.3 is 0 Å². The maximum Gasteiger partial charge on any atom is 0.000829 e. The molecule has 0 atom stereocenters. The maximum atomic E-state index is 5.67. The Morgan fingerprint density at radius 2 is 2.00 bits per heavy atom. The lowest BCUT2D eigenvalue weighted by molar-refractivity contribution is 0.173. The summed E-state index contributed by atoms with van der Waals surface area (Å²) in [5, 5.41) is 3.48. The largest absolute Gasteiger partial charge is 0.330 e. The lowest BCUT2D eigenvalue weighted by Crippen LogP contribution is -2.31. The first kappa shape index (κ1) is 8.52. The molecule has 2 aliphatic rings. The van der Waals surface area contributed by atoms with E-state index in [2.05, 4.69) is 5.32 Å². The molecular formula is C10H20N2. The van der Waals surface area contributed by atoms with Crippen molar-refractivity contribution in [3.8, 4) is 0 Å². The summed E-state index contributed by atoms with van der Waals surface area (Å²) >= 11 is 0. The summed E-state index contributed by atoms with van der Waals surface area (Å²) in [6, 6.07) is 0. The molecule has 70 valence electrons. The van der Waals surface area contributed by atoms with Gasteiger partial charge in [-0.15, -0.1) is 0 Å². The van der Waals surface area contributed by atoms with E-state index in [-0.39, 0.29) is 0 Å². The minimum Gasteiger partial charge on any atom is -0.330 e. The average Bonchev–Trinajstić information content (AvgIpc) is 2.55. The fraction of sp³-hybridized carbons (Fsp3) is 1.00. The van der Waals surface area contributed by atoms with E-state index in [1.165, 1.54) is 45.2 Å². The number of hydrogen-bond acceptors (Lipinski definition) is 2. The fourth-order valence-electron chi connectivity index (χ4n) is 2.75. The van der Waals surface area contributed by atoms with Gasteiger partial charge in [0, 0.05) is 6.54 Å². The van der Waals surface area contributed by atoms with Gasteiger partial charge in [-0.25, -0.2) is 0 Å². The van der Waals surface area contributed by atoms with Crippen molar-refractivity contribution in [1.29, 1.82) is 0 Å². The summed E-state index contributed by atoms with van der Waals surface area (Å²) in [6.45, 7) is 3.42. The highest BCUT2D eigenvalue weighted by molar-refractivity contribution is 4.91. The Hall–Kier alpha value is -0.0800. The van der Waals surface area contributed by atoms with E-state index in [0.717, 1.165) is 12.5 Å². The minimum atomic E-state index is 0.686. The van der Waals surface area contributed by atoms with E-state index in [4.69, 9.17) is 5.73 Å². The third kappa shape index (κ3) is 1.50. The third-order valence-electron chi connectivity index (χ3n) is 3.83. The van der Waals surface area contributed by atoms with Gasteiger partial charge in [-0.05, 0) is 56.5 Å². The monoisotopic (exact) mass is 168 g/mol. The molecule has 1 aliphatic heterocycles. The first-order chi connectivity index (χ1) is 5.85. The van der Waals surface area contributed by atoms with Crippen molar-refractivity contribution in [2.24, 2.45) is 17.1 Å². The third-order valence-corrected chi connectivity index (χ3v) is 3.83. The highest BCUT2D eigenvalue weighted by atomic mass is 14.9. The second-order valence-corrected chi connectivity index (χ2v) is 4.61. The molecule has 1 saturated heterocycles. The molecule has 1 heterocycles. The predicted molar refractivity (Wildman–Crippen MR) is 50.9 cm³/mol. The molecule has 0 aromatic carbocycles. The van der Waals surface area contributed by atoms with Crippen LogP contribution >= 0.6 is 0 Å². The minimum absolute atomic E-state index is 0.686. The van der Waals surface area contributed by atoms with Crippen LogP contribution in [-0.2, 0) is 0 Å². The van der Waals surface area contributed by atoms with Crippen LogP contribution in [0.2, 0.25) is 0 Å². The summed E-state index contributed by atoms with van der Waals surface area (Å²) in [5.41, 5.74) is 6.36. The normalized spacial score (nSPS) is 42.2. The van der Waals surface area contributed by atoms with E-state index in [1.54, 1.807) is 0 Å². The van der Waals surface area contributed by atoms with Crippen LogP contribution in [0, 0.1) is 11.3 Å². The second-order valence-electron chi connectivity index (χ2n) is 4.61. The molecule has 0 amide bonds. The van der Waals surface area contributed by atoms with E-state index in [0.29, 0.717) is 5.41 Å². The zero-order valence-electron chi connectivity index (χ0n) is 7.81. The van der Waals surface area contributed by atoms with Gasteiger partial charge in [-0.3, -0.25) is 0 Å². The summed E-state index contributed by atoms with van der Waals surface area (Å²) in [4.78, 5) is 0. The number of hydrogen-bond donors (Lipinski definition) is 2. The van der Waals surface area contributed by atoms with Gasteiger partial charge in [0.25, 0.3) is 0 Å². The van der Waals surface area contributed by atoms with Gasteiger partial charge < -0.3 is 11.1 Å². The van der Waals surface area contributed by atoms with Crippen LogP contribution in [0.3, 0.4) is 0 Å². The molecule has 0 radical (unpaired) electrons. The number of nitrogens with two attached hydrogens (primary N) is 1. The average molecular weight is 168 g/mol. The fourth-order valence-corrected chi connectivity index (χ4v) is 2.75. The Morgan fingerprint density at radius 3 is 2.50 bits per heavy atom. The molecule has 12 heavy (non-hydrogen) atoms. The van der Waals surface area contributed by atoms with Gasteiger partial charge in [0.2, 0.25) is 0 Å². The van der Waals surface area contributed by atoms with E-state index < -0.39 is 0 Å². The highest BCUT2D eigenvalue weighted by Crippen LogP contribution is 2.42. The lowest BCUT2D eigenvalue weighted by atomic mass is 9.70.